The van der Waals surface area contributed by atoms with Crippen molar-refractivity contribution in [3.05, 3.63) is 35.9 Å². The number of hydrogen-bond acceptors (Lipinski definition) is 3. The summed E-state index contributed by atoms with van der Waals surface area (Å²) >= 11 is 0. The third kappa shape index (κ3) is 4.96. The van der Waals surface area contributed by atoms with E-state index in [2.05, 4.69) is 24.4 Å². The molecule has 0 amide bonds. The van der Waals surface area contributed by atoms with Crippen molar-refractivity contribution in [2.75, 3.05) is 18.8 Å². The zero-order valence-corrected chi connectivity index (χ0v) is 13.1. The highest BCUT2D eigenvalue weighted by Crippen LogP contribution is 2.16. The summed E-state index contributed by atoms with van der Waals surface area (Å²) in [5.41, 5.74) is 1.27. The van der Waals surface area contributed by atoms with Gasteiger partial charge in [-0.15, -0.1) is 0 Å². The van der Waals surface area contributed by atoms with Crippen LogP contribution in [-0.2, 0) is 9.84 Å². The maximum atomic E-state index is 11.9. The number of rotatable bonds is 6. The molecule has 0 aliphatic rings. The van der Waals surface area contributed by atoms with Crippen LogP contribution in [0.2, 0.25) is 0 Å². The van der Waals surface area contributed by atoms with Gasteiger partial charge in [0.25, 0.3) is 0 Å². The predicted octanol–water partition coefficient (Wildman–Crippen LogP) is 2.59. The lowest BCUT2D eigenvalue weighted by molar-refractivity contribution is 0.553. The Hall–Kier alpha value is -0.870. The van der Waals surface area contributed by atoms with E-state index in [1.807, 2.05) is 18.2 Å². The summed E-state index contributed by atoms with van der Waals surface area (Å²) in [7, 11) is -3.02. The Morgan fingerprint density at radius 1 is 1.16 bits per heavy atom. The predicted molar refractivity (Wildman–Crippen MR) is 81.3 cm³/mol. The molecular weight excluding hydrogens is 258 g/mol. The summed E-state index contributed by atoms with van der Waals surface area (Å²) in [4.78, 5) is 0. The number of nitrogens with one attached hydrogen (secondary N) is 1. The summed E-state index contributed by atoms with van der Waals surface area (Å²) in [5.74, 6) is 0.580. The van der Waals surface area contributed by atoms with Gasteiger partial charge < -0.3 is 5.32 Å². The zero-order chi connectivity index (χ0) is 14.5. The molecule has 0 spiro atoms. The van der Waals surface area contributed by atoms with Gasteiger partial charge in [-0.05, 0) is 32.3 Å². The van der Waals surface area contributed by atoms with Crippen molar-refractivity contribution < 1.29 is 8.42 Å². The average Bonchev–Trinajstić information content (AvgIpc) is 2.34. The van der Waals surface area contributed by atoms with Crippen molar-refractivity contribution in [1.29, 1.82) is 0 Å². The Balaban J connectivity index is 2.36. The Kier molecular flexibility index (Phi) is 5.56. The lowest BCUT2D eigenvalue weighted by Gasteiger charge is -2.19. The molecule has 1 N–H and O–H groups in total. The SMILES string of the molecule is CC(CNCCS(=O)(=O)C(C)(C)C)c1ccccc1. The molecule has 0 aliphatic heterocycles. The van der Waals surface area contributed by atoms with Crippen LogP contribution in [0.1, 0.15) is 39.2 Å². The van der Waals surface area contributed by atoms with Crippen molar-refractivity contribution in [1.82, 2.24) is 5.32 Å². The fourth-order valence-corrected chi connectivity index (χ4v) is 2.76. The molecule has 1 unspecified atom stereocenters. The lowest BCUT2D eigenvalue weighted by atomic mass is 10.0. The minimum absolute atomic E-state index is 0.192. The molecule has 0 saturated carbocycles. The zero-order valence-electron chi connectivity index (χ0n) is 12.3. The van der Waals surface area contributed by atoms with E-state index in [4.69, 9.17) is 0 Å². The highest BCUT2D eigenvalue weighted by molar-refractivity contribution is 7.92. The van der Waals surface area contributed by atoms with Gasteiger partial charge in [0.15, 0.2) is 9.84 Å². The van der Waals surface area contributed by atoms with Crippen LogP contribution in [0.4, 0.5) is 0 Å². The van der Waals surface area contributed by atoms with Gasteiger partial charge in [-0.2, -0.15) is 0 Å². The van der Waals surface area contributed by atoms with Crippen LogP contribution in [0.3, 0.4) is 0 Å². The first kappa shape index (κ1) is 16.2. The Bertz CT molecular complexity index is 475. The van der Waals surface area contributed by atoms with Gasteiger partial charge in [0, 0.05) is 13.1 Å². The molecule has 19 heavy (non-hydrogen) atoms. The van der Waals surface area contributed by atoms with E-state index in [-0.39, 0.29) is 5.75 Å². The molecule has 108 valence electrons. The molecule has 0 aliphatic carbocycles. The van der Waals surface area contributed by atoms with E-state index in [0.717, 1.165) is 6.54 Å². The maximum Gasteiger partial charge on any atom is 0.156 e. The molecular formula is C15H25NO2S. The minimum Gasteiger partial charge on any atom is -0.315 e. The van der Waals surface area contributed by atoms with E-state index >= 15 is 0 Å². The van der Waals surface area contributed by atoms with Crippen LogP contribution in [0.5, 0.6) is 0 Å². The van der Waals surface area contributed by atoms with Gasteiger partial charge in [0.1, 0.15) is 0 Å². The third-order valence-electron chi connectivity index (χ3n) is 3.30. The lowest BCUT2D eigenvalue weighted by Crippen LogP contribution is -2.35. The van der Waals surface area contributed by atoms with Crippen LogP contribution in [0, 0.1) is 0 Å². The topological polar surface area (TPSA) is 46.2 Å². The highest BCUT2D eigenvalue weighted by atomic mass is 32.2. The van der Waals surface area contributed by atoms with E-state index in [0.29, 0.717) is 12.5 Å². The van der Waals surface area contributed by atoms with Crippen LogP contribution in [0.25, 0.3) is 0 Å². The van der Waals surface area contributed by atoms with E-state index in [9.17, 15) is 8.42 Å². The molecule has 0 radical (unpaired) electrons. The standard InChI is InChI=1S/C15H25NO2S/c1-13(14-8-6-5-7-9-14)12-16-10-11-19(17,18)15(2,3)4/h5-9,13,16H,10-12H2,1-4H3. The third-order valence-corrected chi connectivity index (χ3v) is 5.91. The average molecular weight is 283 g/mol. The van der Waals surface area contributed by atoms with Crippen LogP contribution >= 0.6 is 0 Å². The molecule has 0 fully saturated rings. The summed E-state index contributed by atoms with van der Waals surface area (Å²) < 4.78 is 23.2. The van der Waals surface area contributed by atoms with Gasteiger partial charge in [-0.25, -0.2) is 8.42 Å². The van der Waals surface area contributed by atoms with E-state index in [1.165, 1.54) is 5.56 Å². The van der Waals surface area contributed by atoms with Crippen LogP contribution < -0.4 is 5.32 Å². The Labute approximate surface area is 117 Å². The molecule has 0 bridgehead atoms. The number of benzene rings is 1. The fourth-order valence-electron chi connectivity index (χ4n) is 1.73. The molecule has 3 nitrogen and oxygen atoms in total. The van der Waals surface area contributed by atoms with Crippen molar-refractivity contribution in [2.24, 2.45) is 0 Å². The van der Waals surface area contributed by atoms with Gasteiger partial charge in [0.2, 0.25) is 0 Å². The Morgan fingerprint density at radius 3 is 2.26 bits per heavy atom. The second-order valence-corrected chi connectivity index (χ2v) is 8.81. The highest BCUT2D eigenvalue weighted by Gasteiger charge is 2.28. The molecule has 1 rings (SSSR count). The first-order valence-corrected chi connectivity index (χ1v) is 8.37. The summed E-state index contributed by atoms with van der Waals surface area (Å²) in [6.45, 7) is 8.68. The minimum atomic E-state index is -3.02. The van der Waals surface area contributed by atoms with Gasteiger partial charge >= 0.3 is 0 Å². The Morgan fingerprint density at radius 2 is 1.74 bits per heavy atom. The normalized spacial score (nSPS) is 14.3. The summed E-state index contributed by atoms with van der Waals surface area (Å²) in [6, 6.07) is 10.2. The maximum absolute atomic E-state index is 11.9. The van der Waals surface area contributed by atoms with Crippen molar-refractivity contribution in [3.63, 3.8) is 0 Å². The fraction of sp³-hybridized carbons (Fsp3) is 0.600. The van der Waals surface area contributed by atoms with Gasteiger partial charge in [-0.3, -0.25) is 0 Å². The molecule has 4 heteroatoms. The smallest absolute Gasteiger partial charge is 0.156 e. The summed E-state index contributed by atoms with van der Waals surface area (Å²) in [5, 5.41) is 3.23. The molecule has 0 aromatic heterocycles. The van der Waals surface area contributed by atoms with Gasteiger partial charge in [0.05, 0.1) is 10.5 Å². The monoisotopic (exact) mass is 283 g/mol. The van der Waals surface area contributed by atoms with Crippen molar-refractivity contribution >= 4 is 9.84 Å². The van der Waals surface area contributed by atoms with Crippen molar-refractivity contribution in [2.45, 2.75) is 38.4 Å². The van der Waals surface area contributed by atoms with Crippen LogP contribution in [-0.4, -0.2) is 32.0 Å². The molecule has 1 aromatic carbocycles. The molecule has 1 atom stereocenters. The molecule has 1 aromatic rings. The number of sulfone groups is 1. The number of hydrogen-bond donors (Lipinski definition) is 1. The largest absolute Gasteiger partial charge is 0.315 e. The molecule has 0 heterocycles. The summed E-state index contributed by atoms with van der Waals surface area (Å²) in [6.07, 6.45) is 0. The van der Waals surface area contributed by atoms with E-state index < -0.39 is 14.6 Å². The van der Waals surface area contributed by atoms with Gasteiger partial charge in [-0.1, -0.05) is 37.3 Å². The second-order valence-electron chi connectivity index (χ2n) is 5.95. The van der Waals surface area contributed by atoms with Crippen molar-refractivity contribution in [3.8, 4) is 0 Å². The first-order valence-electron chi connectivity index (χ1n) is 6.72. The first-order chi connectivity index (χ1) is 8.74. The molecule has 0 saturated heterocycles. The quantitative estimate of drug-likeness (QED) is 0.816. The second kappa shape index (κ2) is 6.53. The van der Waals surface area contributed by atoms with Crippen LogP contribution in [0.15, 0.2) is 30.3 Å². The van der Waals surface area contributed by atoms with E-state index in [1.54, 1.807) is 20.8 Å².